The van der Waals surface area contributed by atoms with E-state index < -0.39 is 6.36 Å². The second-order valence-corrected chi connectivity index (χ2v) is 5.36. The number of hydrogen-bond donors (Lipinski definition) is 1. The van der Waals surface area contributed by atoms with E-state index in [2.05, 4.69) is 20.7 Å². The Hall–Kier alpha value is -0.950. The highest BCUT2D eigenvalue weighted by molar-refractivity contribution is 9.10. The lowest BCUT2D eigenvalue weighted by atomic mass is 10.1. The fourth-order valence-electron chi connectivity index (χ4n) is 2.16. The van der Waals surface area contributed by atoms with Crippen molar-refractivity contribution in [3.8, 4) is 5.75 Å². The molecule has 0 aromatic heterocycles. The number of alkyl halides is 3. The minimum absolute atomic E-state index is 0.0441. The van der Waals surface area contributed by atoms with Crippen LogP contribution in [0.3, 0.4) is 0 Å². The first kappa shape index (κ1) is 14.5. The molecule has 1 aliphatic heterocycles. The largest absolute Gasteiger partial charge is 0.573 e. The number of anilines is 1. The van der Waals surface area contributed by atoms with Gasteiger partial charge in [-0.15, -0.1) is 13.2 Å². The predicted molar refractivity (Wildman–Crippen MR) is 68.2 cm³/mol. The summed E-state index contributed by atoms with van der Waals surface area (Å²) in [4.78, 5) is 1.80. The highest BCUT2D eigenvalue weighted by atomic mass is 79.9. The molecule has 1 aromatic rings. The Kier molecular flexibility index (Phi) is 4.25. The summed E-state index contributed by atoms with van der Waals surface area (Å²) in [6, 6.07) is 4.56. The molecule has 1 aromatic carbocycles. The topological polar surface area (TPSA) is 32.7 Å². The quantitative estimate of drug-likeness (QED) is 0.918. The Morgan fingerprint density at radius 2 is 2.16 bits per heavy atom. The summed E-state index contributed by atoms with van der Waals surface area (Å²) < 4.78 is 41.7. The summed E-state index contributed by atoms with van der Waals surface area (Å²) >= 11 is 3.13. The summed E-state index contributed by atoms with van der Waals surface area (Å²) in [6.07, 6.45) is -3.95. The van der Waals surface area contributed by atoms with Crippen molar-refractivity contribution >= 4 is 21.6 Å². The van der Waals surface area contributed by atoms with Gasteiger partial charge in [0.15, 0.2) is 5.75 Å². The number of hydrogen-bond acceptors (Lipinski definition) is 3. The third kappa shape index (κ3) is 3.76. The van der Waals surface area contributed by atoms with Gasteiger partial charge >= 0.3 is 6.36 Å². The van der Waals surface area contributed by atoms with Crippen molar-refractivity contribution in [2.24, 2.45) is 5.92 Å². The maximum Gasteiger partial charge on any atom is 0.573 e. The van der Waals surface area contributed by atoms with E-state index in [1.807, 2.05) is 0 Å². The maximum absolute atomic E-state index is 12.4. The van der Waals surface area contributed by atoms with Crippen LogP contribution >= 0.6 is 15.9 Å². The molecule has 1 N–H and O–H groups in total. The van der Waals surface area contributed by atoms with Crippen LogP contribution in [0.5, 0.6) is 5.75 Å². The Bertz CT molecular complexity index is 453. The molecule has 0 radical (unpaired) electrons. The van der Waals surface area contributed by atoms with E-state index in [-0.39, 0.29) is 18.3 Å². The molecule has 0 saturated carbocycles. The molecule has 0 amide bonds. The number of nitrogens with zero attached hydrogens (tertiary/aromatic N) is 1. The van der Waals surface area contributed by atoms with Crippen LogP contribution in [-0.2, 0) is 0 Å². The minimum atomic E-state index is -4.72. The molecule has 3 nitrogen and oxygen atoms in total. The molecule has 0 bridgehead atoms. The average Bonchev–Trinajstić information content (AvgIpc) is 2.75. The van der Waals surface area contributed by atoms with Gasteiger partial charge in [-0.25, -0.2) is 0 Å². The number of rotatable bonds is 3. The fraction of sp³-hybridized carbons (Fsp3) is 0.500. The SMILES string of the molecule is OCC1CCN(c2ccc(Br)cc2OC(F)(F)F)C1. The third-order valence-corrected chi connectivity index (χ3v) is 3.53. The van der Waals surface area contributed by atoms with Crippen molar-refractivity contribution in [3.63, 3.8) is 0 Å². The molecule has 1 atom stereocenters. The van der Waals surface area contributed by atoms with Crippen LogP contribution in [0.15, 0.2) is 22.7 Å². The van der Waals surface area contributed by atoms with E-state index >= 15 is 0 Å². The summed E-state index contributed by atoms with van der Waals surface area (Å²) in [5.74, 6) is -0.122. The standard InChI is InChI=1S/C12H13BrF3NO2/c13-9-1-2-10(11(5-9)19-12(14,15)16)17-4-3-8(6-17)7-18/h1-2,5,8,18H,3-4,6-7H2. The molecule has 1 fully saturated rings. The Morgan fingerprint density at radius 1 is 1.42 bits per heavy atom. The van der Waals surface area contributed by atoms with Gasteiger partial charge in [-0.05, 0) is 24.6 Å². The van der Waals surface area contributed by atoms with Crippen molar-refractivity contribution in [2.75, 3.05) is 24.6 Å². The zero-order valence-electron chi connectivity index (χ0n) is 9.95. The summed E-state index contributed by atoms with van der Waals surface area (Å²) in [7, 11) is 0. The zero-order valence-corrected chi connectivity index (χ0v) is 11.5. The second-order valence-electron chi connectivity index (χ2n) is 4.44. The smallest absolute Gasteiger partial charge is 0.404 e. The highest BCUT2D eigenvalue weighted by Crippen LogP contribution is 2.37. The summed E-state index contributed by atoms with van der Waals surface area (Å²) in [6.45, 7) is 1.19. The molecule has 0 spiro atoms. The number of aliphatic hydroxyl groups is 1. The molecular formula is C12H13BrF3NO2. The van der Waals surface area contributed by atoms with E-state index in [0.717, 1.165) is 6.42 Å². The normalized spacial score (nSPS) is 19.8. The fourth-order valence-corrected chi connectivity index (χ4v) is 2.50. The van der Waals surface area contributed by atoms with Crippen molar-refractivity contribution in [1.29, 1.82) is 0 Å². The molecular weight excluding hydrogens is 327 g/mol. The average molecular weight is 340 g/mol. The molecule has 106 valence electrons. The van der Waals surface area contributed by atoms with Gasteiger partial charge in [-0.3, -0.25) is 0 Å². The van der Waals surface area contributed by atoms with E-state index in [1.165, 1.54) is 6.07 Å². The first-order valence-corrected chi connectivity index (χ1v) is 6.59. The zero-order chi connectivity index (χ0) is 14.0. The highest BCUT2D eigenvalue weighted by Gasteiger charge is 2.33. The van der Waals surface area contributed by atoms with Gasteiger partial charge < -0.3 is 14.7 Å². The minimum Gasteiger partial charge on any atom is -0.404 e. The molecule has 1 unspecified atom stereocenters. The van der Waals surface area contributed by atoms with Gasteiger partial charge in [0.25, 0.3) is 0 Å². The van der Waals surface area contributed by atoms with Crippen LogP contribution in [0.1, 0.15) is 6.42 Å². The molecule has 7 heteroatoms. The van der Waals surface area contributed by atoms with Crippen LogP contribution in [0, 0.1) is 5.92 Å². The van der Waals surface area contributed by atoms with Gasteiger partial charge in [-0.2, -0.15) is 0 Å². The van der Waals surface area contributed by atoms with E-state index in [9.17, 15) is 13.2 Å². The van der Waals surface area contributed by atoms with Gasteiger partial charge in [0.1, 0.15) is 0 Å². The van der Waals surface area contributed by atoms with E-state index in [1.54, 1.807) is 17.0 Å². The van der Waals surface area contributed by atoms with Crippen LogP contribution in [-0.4, -0.2) is 31.2 Å². The molecule has 0 aliphatic carbocycles. The molecule has 1 heterocycles. The first-order valence-electron chi connectivity index (χ1n) is 5.80. The summed E-state index contributed by atoms with van der Waals surface area (Å²) in [5, 5.41) is 9.09. The third-order valence-electron chi connectivity index (χ3n) is 3.03. The van der Waals surface area contributed by atoms with Gasteiger partial charge in [0.05, 0.1) is 5.69 Å². The molecule has 19 heavy (non-hydrogen) atoms. The lowest BCUT2D eigenvalue weighted by Crippen LogP contribution is -2.24. The van der Waals surface area contributed by atoms with Gasteiger partial charge in [0, 0.05) is 30.1 Å². The maximum atomic E-state index is 12.4. The first-order chi connectivity index (χ1) is 8.89. The Labute approximate surface area is 117 Å². The number of aliphatic hydroxyl groups excluding tert-OH is 1. The lowest BCUT2D eigenvalue weighted by molar-refractivity contribution is -0.274. The molecule has 2 rings (SSSR count). The van der Waals surface area contributed by atoms with E-state index in [0.29, 0.717) is 23.2 Å². The lowest BCUT2D eigenvalue weighted by Gasteiger charge is -2.22. The van der Waals surface area contributed by atoms with Crippen LogP contribution < -0.4 is 9.64 Å². The van der Waals surface area contributed by atoms with Crippen LogP contribution in [0.25, 0.3) is 0 Å². The van der Waals surface area contributed by atoms with Gasteiger partial charge in [-0.1, -0.05) is 15.9 Å². The van der Waals surface area contributed by atoms with Crippen molar-refractivity contribution < 1.29 is 23.0 Å². The number of ether oxygens (including phenoxy) is 1. The molecule has 1 aliphatic rings. The summed E-state index contributed by atoms with van der Waals surface area (Å²) in [5.41, 5.74) is 0.400. The Balaban J connectivity index is 2.24. The van der Waals surface area contributed by atoms with Crippen molar-refractivity contribution in [3.05, 3.63) is 22.7 Å². The molecule has 1 saturated heterocycles. The number of halogens is 4. The predicted octanol–water partition coefficient (Wildman–Crippen LogP) is 3.17. The number of benzene rings is 1. The Morgan fingerprint density at radius 3 is 2.74 bits per heavy atom. The van der Waals surface area contributed by atoms with Gasteiger partial charge in [0.2, 0.25) is 0 Å². The second kappa shape index (κ2) is 5.58. The van der Waals surface area contributed by atoms with E-state index in [4.69, 9.17) is 5.11 Å². The van der Waals surface area contributed by atoms with Crippen LogP contribution in [0.2, 0.25) is 0 Å². The van der Waals surface area contributed by atoms with Crippen molar-refractivity contribution in [1.82, 2.24) is 0 Å². The van der Waals surface area contributed by atoms with Crippen LogP contribution in [0.4, 0.5) is 18.9 Å². The van der Waals surface area contributed by atoms with Crippen molar-refractivity contribution in [2.45, 2.75) is 12.8 Å². The monoisotopic (exact) mass is 339 g/mol.